The zero-order valence-corrected chi connectivity index (χ0v) is 8.87. The number of nitrogens with zero attached hydrogens (tertiary/aromatic N) is 1. The molecular formula is C11H16N2O. The lowest BCUT2D eigenvalue weighted by atomic mass is 10.3. The molecule has 0 amide bonds. The fourth-order valence-electron chi connectivity index (χ4n) is 0.984. The minimum absolute atomic E-state index is 0.451. The van der Waals surface area contributed by atoms with Crippen LogP contribution < -0.4 is 10.5 Å². The highest BCUT2D eigenvalue weighted by Crippen LogP contribution is 2.18. The van der Waals surface area contributed by atoms with Crippen molar-refractivity contribution < 1.29 is 4.74 Å². The summed E-state index contributed by atoms with van der Waals surface area (Å²) in [5.74, 6) is 1.10. The van der Waals surface area contributed by atoms with Gasteiger partial charge in [-0.2, -0.15) is 0 Å². The topological polar surface area (TPSA) is 48.1 Å². The lowest BCUT2D eigenvalue weighted by Gasteiger charge is -2.06. The van der Waals surface area contributed by atoms with Gasteiger partial charge in [0, 0.05) is 5.69 Å². The van der Waals surface area contributed by atoms with Crippen LogP contribution in [-0.4, -0.2) is 11.6 Å². The zero-order chi connectivity index (χ0) is 10.6. The maximum atomic E-state index is 5.68. The van der Waals surface area contributed by atoms with E-state index in [4.69, 9.17) is 10.5 Å². The largest absolute Gasteiger partial charge is 0.486 e. The van der Waals surface area contributed by atoms with E-state index in [1.165, 1.54) is 5.57 Å². The van der Waals surface area contributed by atoms with Crippen molar-refractivity contribution in [1.82, 2.24) is 4.98 Å². The summed E-state index contributed by atoms with van der Waals surface area (Å²) in [4.78, 5) is 4.10. The summed E-state index contributed by atoms with van der Waals surface area (Å²) < 4.78 is 5.44. The van der Waals surface area contributed by atoms with Crippen LogP contribution in [0.2, 0.25) is 0 Å². The molecule has 2 N–H and O–H groups in total. The molecule has 0 aliphatic rings. The van der Waals surface area contributed by atoms with Gasteiger partial charge < -0.3 is 10.5 Å². The van der Waals surface area contributed by atoms with Crippen LogP contribution in [0.1, 0.15) is 19.5 Å². The lowest BCUT2D eigenvalue weighted by molar-refractivity contribution is 0.362. The fraction of sp³-hybridized carbons (Fsp3) is 0.364. The minimum Gasteiger partial charge on any atom is -0.486 e. The molecule has 1 aromatic rings. The van der Waals surface area contributed by atoms with E-state index in [1.54, 1.807) is 0 Å². The van der Waals surface area contributed by atoms with Gasteiger partial charge in [-0.05, 0) is 39.0 Å². The number of ether oxygens (including phenoxy) is 1. The van der Waals surface area contributed by atoms with Crippen molar-refractivity contribution >= 4 is 5.82 Å². The smallest absolute Gasteiger partial charge is 0.166 e. The van der Waals surface area contributed by atoms with Gasteiger partial charge in [-0.3, -0.25) is 0 Å². The Labute approximate surface area is 84.6 Å². The third kappa shape index (κ3) is 3.09. The van der Waals surface area contributed by atoms with E-state index in [1.807, 2.05) is 39.0 Å². The SMILES string of the molecule is CC(C)=CCOc1ccc(C)nc1N. The Balaban J connectivity index is 2.64. The van der Waals surface area contributed by atoms with E-state index < -0.39 is 0 Å². The molecule has 0 radical (unpaired) electrons. The fourth-order valence-corrected chi connectivity index (χ4v) is 0.984. The molecular weight excluding hydrogens is 176 g/mol. The van der Waals surface area contributed by atoms with E-state index in [0.717, 1.165) is 5.69 Å². The van der Waals surface area contributed by atoms with Crippen molar-refractivity contribution in [2.75, 3.05) is 12.3 Å². The Morgan fingerprint density at radius 1 is 1.50 bits per heavy atom. The van der Waals surface area contributed by atoms with Crippen LogP contribution in [0.4, 0.5) is 5.82 Å². The number of rotatable bonds is 3. The van der Waals surface area contributed by atoms with Gasteiger partial charge in [0.1, 0.15) is 6.61 Å². The van der Waals surface area contributed by atoms with Gasteiger partial charge in [-0.1, -0.05) is 5.57 Å². The average molecular weight is 192 g/mol. The predicted molar refractivity (Wildman–Crippen MR) is 58.3 cm³/mol. The second-order valence-electron chi connectivity index (χ2n) is 3.43. The van der Waals surface area contributed by atoms with E-state index in [2.05, 4.69) is 4.98 Å². The first kappa shape index (κ1) is 10.6. The molecule has 0 atom stereocenters. The van der Waals surface area contributed by atoms with Gasteiger partial charge in [0.05, 0.1) is 0 Å². The summed E-state index contributed by atoms with van der Waals surface area (Å²) in [5.41, 5.74) is 7.81. The van der Waals surface area contributed by atoms with Gasteiger partial charge in [0.15, 0.2) is 11.6 Å². The summed E-state index contributed by atoms with van der Waals surface area (Å²) in [7, 11) is 0. The molecule has 0 saturated carbocycles. The van der Waals surface area contributed by atoms with Crippen molar-refractivity contribution in [1.29, 1.82) is 0 Å². The Hall–Kier alpha value is -1.51. The number of allylic oxidation sites excluding steroid dienone is 1. The first-order chi connectivity index (χ1) is 6.59. The average Bonchev–Trinajstić information content (AvgIpc) is 2.08. The van der Waals surface area contributed by atoms with E-state index in [9.17, 15) is 0 Å². The van der Waals surface area contributed by atoms with Crippen LogP contribution in [0.3, 0.4) is 0 Å². The maximum Gasteiger partial charge on any atom is 0.166 e. The second-order valence-corrected chi connectivity index (χ2v) is 3.43. The summed E-state index contributed by atoms with van der Waals surface area (Å²) in [6, 6.07) is 3.73. The number of pyridine rings is 1. The minimum atomic E-state index is 0.451. The third-order valence-corrected chi connectivity index (χ3v) is 1.76. The highest BCUT2D eigenvalue weighted by molar-refractivity contribution is 5.46. The highest BCUT2D eigenvalue weighted by Gasteiger charge is 1.99. The van der Waals surface area contributed by atoms with Crippen molar-refractivity contribution in [3.8, 4) is 5.75 Å². The summed E-state index contributed by atoms with van der Waals surface area (Å²) >= 11 is 0. The molecule has 1 rings (SSSR count). The molecule has 0 fully saturated rings. The number of anilines is 1. The molecule has 3 heteroatoms. The predicted octanol–water partition coefficient (Wildman–Crippen LogP) is 2.32. The van der Waals surface area contributed by atoms with Gasteiger partial charge in [0.25, 0.3) is 0 Å². The van der Waals surface area contributed by atoms with Crippen LogP contribution >= 0.6 is 0 Å². The molecule has 0 bridgehead atoms. The molecule has 0 aliphatic carbocycles. The van der Waals surface area contributed by atoms with Gasteiger partial charge in [-0.15, -0.1) is 0 Å². The Bertz CT molecular complexity index is 341. The van der Waals surface area contributed by atoms with Gasteiger partial charge in [0.2, 0.25) is 0 Å². The normalized spacial score (nSPS) is 9.64. The number of aromatic nitrogens is 1. The molecule has 14 heavy (non-hydrogen) atoms. The second kappa shape index (κ2) is 4.65. The summed E-state index contributed by atoms with van der Waals surface area (Å²) in [6.07, 6.45) is 2.00. The first-order valence-corrected chi connectivity index (χ1v) is 4.59. The van der Waals surface area contributed by atoms with Crippen LogP contribution in [0, 0.1) is 6.92 Å². The summed E-state index contributed by atoms with van der Waals surface area (Å²) in [6.45, 7) is 6.49. The Kier molecular flexibility index (Phi) is 3.51. The van der Waals surface area contributed by atoms with Crippen molar-refractivity contribution in [3.63, 3.8) is 0 Å². The van der Waals surface area contributed by atoms with E-state index in [-0.39, 0.29) is 0 Å². The van der Waals surface area contributed by atoms with Crippen LogP contribution in [0.5, 0.6) is 5.75 Å². The number of hydrogen-bond donors (Lipinski definition) is 1. The Morgan fingerprint density at radius 2 is 2.21 bits per heavy atom. The molecule has 0 saturated heterocycles. The van der Waals surface area contributed by atoms with E-state index >= 15 is 0 Å². The molecule has 0 aliphatic heterocycles. The zero-order valence-electron chi connectivity index (χ0n) is 8.87. The highest BCUT2D eigenvalue weighted by atomic mass is 16.5. The number of nitrogen functional groups attached to an aromatic ring is 1. The Morgan fingerprint density at radius 3 is 2.79 bits per heavy atom. The number of hydrogen-bond acceptors (Lipinski definition) is 3. The molecule has 76 valence electrons. The van der Waals surface area contributed by atoms with Crippen LogP contribution in [0.25, 0.3) is 0 Å². The van der Waals surface area contributed by atoms with Crippen molar-refractivity contribution in [2.24, 2.45) is 0 Å². The monoisotopic (exact) mass is 192 g/mol. The molecule has 0 unspecified atom stereocenters. The molecule has 0 spiro atoms. The third-order valence-electron chi connectivity index (χ3n) is 1.76. The first-order valence-electron chi connectivity index (χ1n) is 4.59. The molecule has 1 aromatic heterocycles. The van der Waals surface area contributed by atoms with Crippen LogP contribution in [0.15, 0.2) is 23.8 Å². The number of nitrogens with two attached hydrogens (primary N) is 1. The maximum absolute atomic E-state index is 5.68. The van der Waals surface area contributed by atoms with Crippen LogP contribution in [-0.2, 0) is 0 Å². The quantitative estimate of drug-likeness (QED) is 0.747. The molecule has 3 nitrogen and oxygen atoms in total. The summed E-state index contributed by atoms with van der Waals surface area (Å²) in [5, 5.41) is 0. The molecule has 1 heterocycles. The lowest BCUT2D eigenvalue weighted by Crippen LogP contribution is -2.00. The standard InChI is InChI=1S/C11H16N2O/c1-8(2)6-7-14-10-5-4-9(3)13-11(10)12/h4-6H,7H2,1-3H3,(H2,12,13). The number of aryl methyl sites for hydroxylation is 1. The van der Waals surface area contributed by atoms with Gasteiger partial charge in [-0.25, -0.2) is 4.98 Å². The van der Waals surface area contributed by atoms with Crippen molar-refractivity contribution in [3.05, 3.63) is 29.5 Å². The molecule has 0 aromatic carbocycles. The van der Waals surface area contributed by atoms with Gasteiger partial charge >= 0.3 is 0 Å². The van der Waals surface area contributed by atoms with E-state index in [0.29, 0.717) is 18.2 Å². The van der Waals surface area contributed by atoms with Crippen molar-refractivity contribution in [2.45, 2.75) is 20.8 Å².